The van der Waals surface area contributed by atoms with Crippen molar-refractivity contribution in [1.29, 1.82) is 0 Å². The molecule has 4 nitrogen and oxygen atoms in total. The van der Waals surface area contributed by atoms with Crippen LogP contribution in [0.4, 0.5) is 5.69 Å². The average Bonchev–Trinajstić information content (AvgIpc) is 3.03. The summed E-state index contributed by atoms with van der Waals surface area (Å²) in [6.07, 6.45) is 2.31. The standard InChI is InChI=1S/C18H22N2O2/c1-14-10-16(19-12-15-6-3-2-4-7-15)11-18(21)20(14)13-17-8-5-9-22-17/h2-4,6-7,10-11,17,19H,5,8-9,12-13H2,1H3. The Kier molecular flexibility index (Phi) is 4.59. The van der Waals surface area contributed by atoms with Gasteiger partial charge in [-0.25, -0.2) is 0 Å². The molecular weight excluding hydrogens is 276 g/mol. The molecule has 22 heavy (non-hydrogen) atoms. The van der Waals surface area contributed by atoms with Crippen LogP contribution in [0.3, 0.4) is 0 Å². The predicted molar refractivity (Wildman–Crippen MR) is 88.2 cm³/mol. The topological polar surface area (TPSA) is 43.3 Å². The number of anilines is 1. The van der Waals surface area contributed by atoms with E-state index in [2.05, 4.69) is 17.4 Å². The van der Waals surface area contributed by atoms with Crippen LogP contribution in [0.2, 0.25) is 0 Å². The fourth-order valence-corrected chi connectivity index (χ4v) is 2.86. The fourth-order valence-electron chi connectivity index (χ4n) is 2.86. The predicted octanol–water partition coefficient (Wildman–Crippen LogP) is 2.95. The molecule has 1 aromatic heterocycles. The molecule has 3 rings (SSSR count). The van der Waals surface area contributed by atoms with E-state index in [0.717, 1.165) is 37.4 Å². The van der Waals surface area contributed by atoms with Crippen LogP contribution in [-0.4, -0.2) is 17.3 Å². The number of aromatic nitrogens is 1. The van der Waals surface area contributed by atoms with Gasteiger partial charge in [-0.3, -0.25) is 4.79 Å². The first-order chi connectivity index (χ1) is 10.7. The molecule has 1 N–H and O–H groups in total. The normalized spacial score (nSPS) is 17.6. The highest BCUT2D eigenvalue weighted by atomic mass is 16.5. The van der Waals surface area contributed by atoms with Crippen molar-refractivity contribution >= 4 is 5.69 Å². The second-order valence-corrected chi connectivity index (χ2v) is 5.81. The van der Waals surface area contributed by atoms with Gasteiger partial charge in [0.05, 0.1) is 12.6 Å². The van der Waals surface area contributed by atoms with Crippen LogP contribution >= 0.6 is 0 Å². The Hall–Kier alpha value is -2.07. The molecule has 1 aliphatic heterocycles. The van der Waals surface area contributed by atoms with Crippen LogP contribution in [0.5, 0.6) is 0 Å². The molecule has 116 valence electrons. The molecule has 1 aromatic carbocycles. The number of rotatable bonds is 5. The Morgan fingerprint density at radius 3 is 2.77 bits per heavy atom. The molecule has 0 amide bonds. The molecule has 0 aliphatic carbocycles. The summed E-state index contributed by atoms with van der Waals surface area (Å²) in [4.78, 5) is 12.3. The molecule has 1 unspecified atom stereocenters. The summed E-state index contributed by atoms with van der Waals surface area (Å²) >= 11 is 0. The lowest BCUT2D eigenvalue weighted by Crippen LogP contribution is -2.28. The van der Waals surface area contributed by atoms with Gasteiger partial charge in [-0.05, 0) is 31.4 Å². The first-order valence-corrected chi connectivity index (χ1v) is 7.83. The van der Waals surface area contributed by atoms with Crippen molar-refractivity contribution in [1.82, 2.24) is 4.57 Å². The van der Waals surface area contributed by atoms with Crippen LogP contribution < -0.4 is 10.9 Å². The van der Waals surface area contributed by atoms with Crippen LogP contribution in [0.25, 0.3) is 0 Å². The summed E-state index contributed by atoms with van der Waals surface area (Å²) in [5.74, 6) is 0. The first kappa shape index (κ1) is 14.9. The van der Waals surface area contributed by atoms with Gasteiger partial charge >= 0.3 is 0 Å². The van der Waals surface area contributed by atoms with Crippen LogP contribution in [0.1, 0.15) is 24.1 Å². The van der Waals surface area contributed by atoms with Gasteiger partial charge in [-0.2, -0.15) is 0 Å². The Morgan fingerprint density at radius 1 is 1.27 bits per heavy atom. The van der Waals surface area contributed by atoms with Gasteiger partial charge in [-0.1, -0.05) is 30.3 Å². The van der Waals surface area contributed by atoms with Gasteiger partial charge < -0.3 is 14.6 Å². The van der Waals surface area contributed by atoms with Gasteiger partial charge in [0, 0.05) is 30.6 Å². The molecule has 1 atom stereocenters. The van der Waals surface area contributed by atoms with Crippen molar-refractivity contribution in [2.24, 2.45) is 0 Å². The van der Waals surface area contributed by atoms with Crippen molar-refractivity contribution in [3.8, 4) is 0 Å². The second kappa shape index (κ2) is 6.79. The van der Waals surface area contributed by atoms with E-state index in [1.807, 2.05) is 35.8 Å². The van der Waals surface area contributed by atoms with Gasteiger partial charge in [0.25, 0.3) is 5.56 Å². The zero-order valence-corrected chi connectivity index (χ0v) is 12.9. The maximum atomic E-state index is 12.3. The lowest BCUT2D eigenvalue weighted by Gasteiger charge is -2.16. The highest BCUT2D eigenvalue weighted by Gasteiger charge is 2.17. The van der Waals surface area contributed by atoms with E-state index in [4.69, 9.17) is 4.74 Å². The van der Waals surface area contributed by atoms with Crippen molar-refractivity contribution in [2.45, 2.75) is 39.0 Å². The van der Waals surface area contributed by atoms with Crippen LogP contribution in [0.15, 0.2) is 47.3 Å². The number of nitrogens with one attached hydrogen (secondary N) is 1. The van der Waals surface area contributed by atoms with Crippen LogP contribution in [-0.2, 0) is 17.8 Å². The molecule has 2 heterocycles. The van der Waals surface area contributed by atoms with E-state index in [1.54, 1.807) is 6.07 Å². The molecular formula is C18H22N2O2. The second-order valence-electron chi connectivity index (χ2n) is 5.81. The van der Waals surface area contributed by atoms with Crippen LogP contribution in [0, 0.1) is 6.92 Å². The Balaban J connectivity index is 1.70. The van der Waals surface area contributed by atoms with Crippen molar-refractivity contribution in [2.75, 3.05) is 11.9 Å². The minimum Gasteiger partial charge on any atom is -0.381 e. The molecule has 2 aromatic rings. The first-order valence-electron chi connectivity index (χ1n) is 7.83. The highest BCUT2D eigenvalue weighted by molar-refractivity contribution is 5.44. The molecule has 1 aliphatic rings. The van der Waals surface area contributed by atoms with E-state index < -0.39 is 0 Å². The minimum absolute atomic E-state index is 0.0334. The third-order valence-electron chi connectivity index (χ3n) is 4.08. The maximum absolute atomic E-state index is 12.3. The van der Waals surface area contributed by atoms with E-state index in [0.29, 0.717) is 6.54 Å². The van der Waals surface area contributed by atoms with E-state index in [1.165, 1.54) is 5.56 Å². The zero-order chi connectivity index (χ0) is 15.4. The lowest BCUT2D eigenvalue weighted by molar-refractivity contribution is 0.0956. The number of pyridine rings is 1. The number of ether oxygens (including phenoxy) is 1. The third kappa shape index (κ3) is 3.57. The Labute approximate surface area is 130 Å². The van der Waals surface area contributed by atoms with Gasteiger partial charge in [0.15, 0.2) is 0 Å². The number of aryl methyl sites for hydroxylation is 1. The number of nitrogens with zero attached hydrogens (tertiary/aromatic N) is 1. The molecule has 0 spiro atoms. The molecule has 0 bridgehead atoms. The summed E-state index contributed by atoms with van der Waals surface area (Å²) in [7, 11) is 0. The summed E-state index contributed by atoms with van der Waals surface area (Å²) < 4.78 is 7.44. The molecule has 1 fully saturated rings. The lowest BCUT2D eigenvalue weighted by atomic mass is 10.2. The van der Waals surface area contributed by atoms with Crippen molar-refractivity contribution in [3.05, 3.63) is 64.1 Å². The fraction of sp³-hybridized carbons (Fsp3) is 0.389. The summed E-state index contributed by atoms with van der Waals surface area (Å²) in [6, 6.07) is 13.9. The summed E-state index contributed by atoms with van der Waals surface area (Å²) in [5.41, 5.74) is 3.07. The maximum Gasteiger partial charge on any atom is 0.252 e. The summed E-state index contributed by atoms with van der Waals surface area (Å²) in [6.45, 7) is 4.17. The van der Waals surface area contributed by atoms with E-state index in [9.17, 15) is 4.79 Å². The van der Waals surface area contributed by atoms with Crippen molar-refractivity contribution in [3.63, 3.8) is 0 Å². The zero-order valence-electron chi connectivity index (χ0n) is 12.9. The molecule has 0 radical (unpaired) electrons. The average molecular weight is 298 g/mol. The van der Waals surface area contributed by atoms with E-state index >= 15 is 0 Å². The number of hydrogen-bond acceptors (Lipinski definition) is 3. The largest absolute Gasteiger partial charge is 0.381 e. The number of hydrogen-bond donors (Lipinski definition) is 1. The third-order valence-corrected chi connectivity index (χ3v) is 4.08. The quantitative estimate of drug-likeness (QED) is 0.923. The highest BCUT2D eigenvalue weighted by Crippen LogP contribution is 2.15. The Morgan fingerprint density at radius 2 is 2.09 bits per heavy atom. The van der Waals surface area contributed by atoms with Gasteiger partial charge in [0.1, 0.15) is 0 Å². The van der Waals surface area contributed by atoms with Gasteiger partial charge in [-0.15, -0.1) is 0 Å². The molecule has 1 saturated heterocycles. The summed E-state index contributed by atoms with van der Waals surface area (Å²) in [5, 5.41) is 3.32. The molecule has 4 heteroatoms. The SMILES string of the molecule is Cc1cc(NCc2ccccc2)cc(=O)n1CC1CCCO1. The van der Waals surface area contributed by atoms with E-state index in [-0.39, 0.29) is 11.7 Å². The Bertz CT molecular complexity index is 673. The van der Waals surface area contributed by atoms with Crippen molar-refractivity contribution < 1.29 is 4.74 Å². The smallest absolute Gasteiger partial charge is 0.252 e. The van der Waals surface area contributed by atoms with Gasteiger partial charge in [0.2, 0.25) is 0 Å². The minimum atomic E-state index is 0.0334. The number of benzene rings is 1. The monoisotopic (exact) mass is 298 g/mol. The molecule has 0 saturated carbocycles.